The third kappa shape index (κ3) is 3.97. The molecular formula is C20H30N6O2. The molecule has 0 spiro atoms. The minimum Gasteiger partial charge on any atom is -0.459 e. The SMILES string of the molecule is CCCC[C@@H](c1nnnn1C1CCCC1)N1CCN(C(=O)c2ccco2)CC1. The molecule has 1 aliphatic heterocycles. The predicted molar refractivity (Wildman–Crippen MR) is 104 cm³/mol. The largest absolute Gasteiger partial charge is 0.459 e. The normalized spacial score (nSPS) is 20.0. The minimum absolute atomic E-state index is 0.0226. The van der Waals surface area contributed by atoms with E-state index in [1.165, 1.54) is 25.7 Å². The summed E-state index contributed by atoms with van der Waals surface area (Å²) in [4.78, 5) is 16.9. The Morgan fingerprint density at radius 2 is 2.04 bits per heavy atom. The van der Waals surface area contributed by atoms with Crippen molar-refractivity contribution in [3.63, 3.8) is 0 Å². The number of tetrazole rings is 1. The maximum absolute atomic E-state index is 12.5. The number of unbranched alkanes of at least 4 members (excludes halogenated alkanes) is 1. The van der Waals surface area contributed by atoms with Crippen molar-refractivity contribution >= 4 is 5.91 Å². The van der Waals surface area contributed by atoms with E-state index in [4.69, 9.17) is 4.42 Å². The van der Waals surface area contributed by atoms with Crippen molar-refractivity contribution in [1.29, 1.82) is 0 Å². The molecule has 0 N–H and O–H groups in total. The van der Waals surface area contributed by atoms with Gasteiger partial charge in [-0.3, -0.25) is 9.69 Å². The van der Waals surface area contributed by atoms with Gasteiger partial charge in [-0.1, -0.05) is 32.6 Å². The predicted octanol–water partition coefficient (Wildman–Crippen LogP) is 3.07. The summed E-state index contributed by atoms with van der Waals surface area (Å²) in [6.45, 7) is 5.29. The smallest absolute Gasteiger partial charge is 0.289 e. The summed E-state index contributed by atoms with van der Waals surface area (Å²) in [5.41, 5.74) is 0. The van der Waals surface area contributed by atoms with Crippen molar-refractivity contribution in [2.75, 3.05) is 26.2 Å². The summed E-state index contributed by atoms with van der Waals surface area (Å²) in [6.07, 6.45) is 9.76. The van der Waals surface area contributed by atoms with Crippen LogP contribution in [0.2, 0.25) is 0 Å². The molecule has 0 radical (unpaired) electrons. The van der Waals surface area contributed by atoms with E-state index in [0.29, 0.717) is 24.9 Å². The molecule has 1 amide bonds. The van der Waals surface area contributed by atoms with Crippen LogP contribution in [0.4, 0.5) is 0 Å². The highest BCUT2D eigenvalue weighted by Crippen LogP contribution is 2.33. The fraction of sp³-hybridized carbons (Fsp3) is 0.700. The number of hydrogen-bond acceptors (Lipinski definition) is 6. The van der Waals surface area contributed by atoms with Gasteiger partial charge in [0.1, 0.15) is 0 Å². The van der Waals surface area contributed by atoms with E-state index in [1.807, 2.05) is 4.90 Å². The average Bonchev–Trinajstić information content (AvgIpc) is 3.50. The second-order valence-corrected chi connectivity index (χ2v) is 7.88. The second kappa shape index (κ2) is 8.86. The topological polar surface area (TPSA) is 80.3 Å². The van der Waals surface area contributed by atoms with Crippen LogP contribution in [0.3, 0.4) is 0 Å². The van der Waals surface area contributed by atoms with Gasteiger partial charge in [-0.2, -0.15) is 0 Å². The van der Waals surface area contributed by atoms with Crippen LogP contribution < -0.4 is 0 Å². The highest BCUT2D eigenvalue weighted by atomic mass is 16.3. The monoisotopic (exact) mass is 386 g/mol. The third-order valence-corrected chi connectivity index (χ3v) is 6.09. The van der Waals surface area contributed by atoms with Gasteiger partial charge in [0.15, 0.2) is 11.6 Å². The molecular weight excluding hydrogens is 356 g/mol. The van der Waals surface area contributed by atoms with Crippen LogP contribution >= 0.6 is 0 Å². The van der Waals surface area contributed by atoms with Gasteiger partial charge in [0.2, 0.25) is 0 Å². The van der Waals surface area contributed by atoms with Gasteiger partial charge < -0.3 is 9.32 Å². The summed E-state index contributed by atoms with van der Waals surface area (Å²) in [7, 11) is 0. The van der Waals surface area contributed by atoms with Crippen LogP contribution in [0.15, 0.2) is 22.8 Å². The van der Waals surface area contributed by atoms with E-state index in [1.54, 1.807) is 18.4 Å². The first-order chi connectivity index (χ1) is 13.8. The standard InChI is InChI=1S/C20H30N6O2/c1-2-3-9-17(19-21-22-23-26(19)16-7-4-5-8-16)24-11-13-25(14-12-24)20(27)18-10-6-15-28-18/h6,10,15-17H,2-5,7-9,11-14H2,1H3/t17-/m0/s1. The van der Waals surface area contributed by atoms with Crippen LogP contribution in [0.25, 0.3) is 0 Å². The molecule has 2 aromatic heterocycles. The first-order valence-corrected chi connectivity index (χ1v) is 10.6. The molecule has 4 rings (SSSR count). The zero-order valence-electron chi connectivity index (χ0n) is 16.7. The number of rotatable bonds is 7. The number of aromatic nitrogens is 4. The fourth-order valence-electron chi connectivity index (χ4n) is 4.49. The van der Waals surface area contributed by atoms with Crippen LogP contribution in [0.5, 0.6) is 0 Å². The van der Waals surface area contributed by atoms with Gasteiger partial charge >= 0.3 is 0 Å². The fourth-order valence-corrected chi connectivity index (χ4v) is 4.49. The van der Waals surface area contributed by atoms with Crippen molar-refractivity contribution in [3.8, 4) is 0 Å². The third-order valence-electron chi connectivity index (χ3n) is 6.09. The molecule has 28 heavy (non-hydrogen) atoms. The maximum Gasteiger partial charge on any atom is 0.289 e. The molecule has 0 bridgehead atoms. The van der Waals surface area contributed by atoms with E-state index in [0.717, 1.165) is 38.2 Å². The summed E-state index contributed by atoms with van der Waals surface area (Å²) >= 11 is 0. The molecule has 152 valence electrons. The number of piperazine rings is 1. The van der Waals surface area contributed by atoms with Crippen LogP contribution in [0.1, 0.15) is 80.3 Å². The molecule has 8 nitrogen and oxygen atoms in total. The number of furan rings is 1. The zero-order valence-corrected chi connectivity index (χ0v) is 16.7. The highest BCUT2D eigenvalue weighted by molar-refractivity contribution is 5.91. The van der Waals surface area contributed by atoms with Crippen LogP contribution in [-0.2, 0) is 0 Å². The zero-order chi connectivity index (χ0) is 19.3. The lowest BCUT2D eigenvalue weighted by Crippen LogP contribution is -2.50. The van der Waals surface area contributed by atoms with E-state index < -0.39 is 0 Å². The van der Waals surface area contributed by atoms with E-state index in [-0.39, 0.29) is 11.9 Å². The molecule has 1 saturated heterocycles. The maximum atomic E-state index is 12.5. The molecule has 2 aliphatic rings. The van der Waals surface area contributed by atoms with Crippen molar-refractivity contribution in [3.05, 3.63) is 30.0 Å². The second-order valence-electron chi connectivity index (χ2n) is 7.88. The Kier molecular flexibility index (Phi) is 6.04. The number of hydrogen-bond donors (Lipinski definition) is 0. The molecule has 2 fully saturated rings. The molecule has 1 aliphatic carbocycles. The molecule has 8 heteroatoms. The van der Waals surface area contributed by atoms with Crippen molar-refractivity contribution in [1.82, 2.24) is 30.0 Å². The van der Waals surface area contributed by atoms with Gasteiger partial charge in [-0.05, 0) is 41.8 Å². The van der Waals surface area contributed by atoms with Gasteiger partial charge in [0, 0.05) is 26.2 Å². The summed E-state index contributed by atoms with van der Waals surface area (Å²) in [5.74, 6) is 1.40. The number of nitrogens with zero attached hydrogens (tertiary/aromatic N) is 6. The minimum atomic E-state index is -0.0226. The molecule has 0 aromatic carbocycles. The Labute approximate surface area is 165 Å². The summed E-state index contributed by atoms with van der Waals surface area (Å²) in [6, 6.07) is 4.15. The summed E-state index contributed by atoms with van der Waals surface area (Å²) in [5, 5.41) is 12.8. The lowest BCUT2D eigenvalue weighted by atomic mass is 10.1. The molecule has 3 heterocycles. The van der Waals surface area contributed by atoms with Gasteiger partial charge in [-0.15, -0.1) is 5.10 Å². The molecule has 1 atom stereocenters. The highest BCUT2D eigenvalue weighted by Gasteiger charge is 2.32. The van der Waals surface area contributed by atoms with Gasteiger partial charge in [0.25, 0.3) is 5.91 Å². The van der Waals surface area contributed by atoms with Crippen molar-refractivity contribution in [2.45, 2.75) is 64.0 Å². The van der Waals surface area contributed by atoms with E-state index in [2.05, 4.69) is 32.0 Å². The quantitative estimate of drug-likeness (QED) is 0.727. The summed E-state index contributed by atoms with van der Waals surface area (Å²) < 4.78 is 7.36. The van der Waals surface area contributed by atoms with Gasteiger partial charge in [0.05, 0.1) is 18.3 Å². The van der Waals surface area contributed by atoms with Crippen LogP contribution in [-0.4, -0.2) is 62.1 Å². The Morgan fingerprint density at radius 1 is 1.25 bits per heavy atom. The number of amides is 1. The Hall–Kier alpha value is -2.22. The van der Waals surface area contributed by atoms with Crippen molar-refractivity contribution in [2.24, 2.45) is 0 Å². The molecule has 1 saturated carbocycles. The number of carbonyl (C=O) groups excluding carboxylic acids is 1. The average molecular weight is 387 g/mol. The Bertz CT molecular complexity index is 745. The van der Waals surface area contributed by atoms with E-state index >= 15 is 0 Å². The van der Waals surface area contributed by atoms with Gasteiger partial charge in [-0.25, -0.2) is 4.68 Å². The van der Waals surface area contributed by atoms with Crippen LogP contribution in [0, 0.1) is 0 Å². The van der Waals surface area contributed by atoms with E-state index in [9.17, 15) is 4.79 Å². The van der Waals surface area contributed by atoms with Crippen molar-refractivity contribution < 1.29 is 9.21 Å². The Balaban J connectivity index is 1.45. The first kappa shape index (κ1) is 19.1. The lowest BCUT2D eigenvalue weighted by Gasteiger charge is -2.38. The first-order valence-electron chi connectivity index (χ1n) is 10.6. The molecule has 2 aromatic rings. The molecule has 0 unspecified atom stereocenters. The Morgan fingerprint density at radius 3 is 2.71 bits per heavy atom. The lowest BCUT2D eigenvalue weighted by molar-refractivity contribution is 0.0511. The number of carbonyl (C=O) groups is 1.